The van der Waals surface area contributed by atoms with Crippen LogP contribution in [0.1, 0.15) is 31.0 Å². The summed E-state index contributed by atoms with van der Waals surface area (Å²) in [7, 11) is 0. The van der Waals surface area contributed by atoms with Crippen molar-refractivity contribution in [1.82, 2.24) is 4.90 Å². The normalized spacial score (nSPS) is 12.5. The van der Waals surface area contributed by atoms with Crippen LogP contribution < -0.4 is 0 Å². The molecule has 2 nitrogen and oxygen atoms in total. The minimum atomic E-state index is -0.356. The van der Waals surface area contributed by atoms with E-state index < -0.39 is 0 Å². The summed E-state index contributed by atoms with van der Waals surface area (Å²) < 4.78 is 13.4. The fourth-order valence-corrected chi connectivity index (χ4v) is 1.73. The zero-order valence-electron chi connectivity index (χ0n) is 10.00. The van der Waals surface area contributed by atoms with E-state index in [0.717, 1.165) is 18.7 Å². The summed E-state index contributed by atoms with van der Waals surface area (Å²) in [6.45, 7) is 7.28. The highest BCUT2D eigenvalue weighted by atomic mass is 19.1. The minimum absolute atomic E-state index is 0.245. The molecule has 1 aromatic rings. The van der Waals surface area contributed by atoms with E-state index in [0.29, 0.717) is 5.56 Å². The summed E-state index contributed by atoms with van der Waals surface area (Å²) in [5.74, 6) is -0.245. The molecule has 0 amide bonds. The van der Waals surface area contributed by atoms with Gasteiger partial charge in [-0.3, -0.25) is 4.90 Å². The van der Waals surface area contributed by atoms with Crippen molar-refractivity contribution >= 4 is 0 Å². The maximum Gasteiger partial charge on any atom is 0.126 e. The fourth-order valence-electron chi connectivity index (χ4n) is 1.73. The van der Waals surface area contributed by atoms with Crippen molar-refractivity contribution in [2.24, 2.45) is 0 Å². The molecule has 0 aliphatic heterocycles. The van der Waals surface area contributed by atoms with Crippen LogP contribution in [-0.4, -0.2) is 18.0 Å². The van der Waals surface area contributed by atoms with Gasteiger partial charge in [0.1, 0.15) is 11.9 Å². The quantitative estimate of drug-likeness (QED) is 0.779. The number of nitriles is 1. The number of nitrogens with zero attached hydrogens (tertiary/aromatic N) is 2. The van der Waals surface area contributed by atoms with Crippen LogP contribution in [0.3, 0.4) is 0 Å². The van der Waals surface area contributed by atoms with Crippen molar-refractivity contribution in [3.63, 3.8) is 0 Å². The lowest BCUT2D eigenvalue weighted by Gasteiger charge is -2.24. The summed E-state index contributed by atoms with van der Waals surface area (Å²) in [5.41, 5.74) is 1.34. The Morgan fingerprint density at radius 3 is 2.44 bits per heavy atom. The average Bonchev–Trinajstić information content (AvgIpc) is 2.29. The molecule has 16 heavy (non-hydrogen) atoms. The lowest BCUT2D eigenvalue weighted by Crippen LogP contribution is -2.27. The molecule has 0 saturated heterocycles. The number of aryl methyl sites for hydroxylation is 1. The molecule has 0 aromatic heterocycles. The van der Waals surface area contributed by atoms with Gasteiger partial charge in [-0.25, -0.2) is 4.39 Å². The summed E-state index contributed by atoms with van der Waals surface area (Å²) in [4.78, 5) is 2.00. The van der Waals surface area contributed by atoms with E-state index >= 15 is 0 Å². The predicted octanol–water partition coefficient (Wildman–Crippen LogP) is 3.04. The van der Waals surface area contributed by atoms with Gasteiger partial charge in [0.25, 0.3) is 0 Å². The zero-order valence-corrected chi connectivity index (χ0v) is 10.00. The molecule has 0 fully saturated rings. The highest BCUT2D eigenvalue weighted by Crippen LogP contribution is 2.21. The second-order valence-corrected chi connectivity index (χ2v) is 3.76. The Kier molecular flexibility index (Phi) is 4.45. The minimum Gasteiger partial charge on any atom is -0.285 e. The van der Waals surface area contributed by atoms with Crippen molar-refractivity contribution in [3.8, 4) is 6.07 Å². The number of rotatable bonds is 4. The van der Waals surface area contributed by atoms with Crippen LogP contribution in [0.4, 0.5) is 4.39 Å². The predicted molar refractivity (Wildman–Crippen MR) is 62.4 cm³/mol. The lowest BCUT2D eigenvalue weighted by molar-refractivity contribution is 0.262. The molecule has 0 heterocycles. The largest absolute Gasteiger partial charge is 0.285 e. The first-order valence-corrected chi connectivity index (χ1v) is 5.53. The smallest absolute Gasteiger partial charge is 0.126 e. The average molecular weight is 220 g/mol. The SMILES string of the molecule is CCN(CC)C(C#N)c1ccc(C)c(F)c1. The summed E-state index contributed by atoms with van der Waals surface area (Å²) in [6.07, 6.45) is 0. The van der Waals surface area contributed by atoms with E-state index in [1.165, 1.54) is 6.07 Å². The Balaban J connectivity index is 3.05. The number of hydrogen-bond acceptors (Lipinski definition) is 2. The molecule has 86 valence electrons. The van der Waals surface area contributed by atoms with Gasteiger partial charge in [0.2, 0.25) is 0 Å². The van der Waals surface area contributed by atoms with Gasteiger partial charge in [0.15, 0.2) is 0 Å². The van der Waals surface area contributed by atoms with Crippen LogP contribution in [0.25, 0.3) is 0 Å². The van der Waals surface area contributed by atoms with Crippen LogP contribution in [0.5, 0.6) is 0 Å². The van der Waals surface area contributed by atoms with E-state index in [2.05, 4.69) is 6.07 Å². The van der Waals surface area contributed by atoms with Crippen LogP contribution in [0.2, 0.25) is 0 Å². The topological polar surface area (TPSA) is 27.0 Å². The standard InChI is InChI=1S/C13H17FN2/c1-4-16(5-2)13(9-15)11-7-6-10(3)12(14)8-11/h6-8,13H,4-5H2,1-3H3. The van der Waals surface area contributed by atoms with Crippen molar-refractivity contribution in [2.75, 3.05) is 13.1 Å². The van der Waals surface area contributed by atoms with Crippen LogP contribution in [-0.2, 0) is 0 Å². The van der Waals surface area contributed by atoms with Gasteiger partial charge >= 0.3 is 0 Å². The van der Waals surface area contributed by atoms with Gasteiger partial charge in [0, 0.05) is 0 Å². The van der Waals surface area contributed by atoms with Crippen molar-refractivity contribution in [1.29, 1.82) is 5.26 Å². The number of hydrogen-bond donors (Lipinski definition) is 0. The monoisotopic (exact) mass is 220 g/mol. The maximum absolute atomic E-state index is 13.4. The molecule has 1 unspecified atom stereocenters. The van der Waals surface area contributed by atoms with Crippen LogP contribution in [0.15, 0.2) is 18.2 Å². The van der Waals surface area contributed by atoms with Crippen molar-refractivity contribution in [2.45, 2.75) is 26.8 Å². The molecule has 1 atom stereocenters. The number of halogens is 1. The van der Waals surface area contributed by atoms with E-state index in [4.69, 9.17) is 5.26 Å². The number of benzene rings is 1. The third kappa shape index (κ3) is 2.59. The van der Waals surface area contributed by atoms with E-state index in [1.54, 1.807) is 13.0 Å². The second kappa shape index (κ2) is 5.62. The van der Waals surface area contributed by atoms with Crippen molar-refractivity contribution < 1.29 is 4.39 Å². The Hall–Kier alpha value is -1.40. The molecule has 0 N–H and O–H groups in total. The highest BCUT2D eigenvalue weighted by molar-refractivity contribution is 5.29. The third-order valence-electron chi connectivity index (χ3n) is 2.81. The maximum atomic E-state index is 13.4. The Morgan fingerprint density at radius 1 is 1.38 bits per heavy atom. The molecule has 0 spiro atoms. The van der Waals surface area contributed by atoms with Gasteiger partial charge < -0.3 is 0 Å². The van der Waals surface area contributed by atoms with E-state index in [9.17, 15) is 4.39 Å². The second-order valence-electron chi connectivity index (χ2n) is 3.76. The lowest BCUT2D eigenvalue weighted by atomic mass is 10.0. The van der Waals surface area contributed by atoms with Gasteiger partial charge in [-0.05, 0) is 37.2 Å². The first-order valence-electron chi connectivity index (χ1n) is 5.53. The van der Waals surface area contributed by atoms with Gasteiger partial charge in [0.05, 0.1) is 6.07 Å². The molecule has 0 saturated carbocycles. The molecule has 0 aliphatic carbocycles. The summed E-state index contributed by atoms with van der Waals surface area (Å²) >= 11 is 0. The van der Waals surface area contributed by atoms with Gasteiger partial charge in [-0.1, -0.05) is 26.0 Å². The van der Waals surface area contributed by atoms with Crippen LogP contribution >= 0.6 is 0 Å². The molecular formula is C13H17FN2. The Labute approximate surface area is 96.3 Å². The zero-order chi connectivity index (χ0) is 12.1. The Bertz CT molecular complexity index is 391. The molecule has 1 rings (SSSR count). The van der Waals surface area contributed by atoms with Gasteiger partial charge in [-0.2, -0.15) is 5.26 Å². The molecule has 1 aromatic carbocycles. The highest BCUT2D eigenvalue weighted by Gasteiger charge is 2.17. The fraction of sp³-hybridized carbons (Fsp3) is 0.462. The third-order valence-corrected chi connectivity index (χ3v) is 2.81. The first kappa shape index (κ1) is 12.7. The molecule has 0 aliphatic rings. The summed E-state index contributed by atoms with van der Waals surface area (Å²) in [5, 5.41) is 9.16. The van der Waals surface area contributed by atoms with Gasteiger partial charge in [-0.15, -0.1) is 0 Å². The van der Waals surface area contributed by atoms with Crippen molar-refractivity contribution in [3.05, 3.63) is 35.1 Å². The summed E-state index contributed by atoms with van der Waals surface area (Å²) in [6, 6.07) is 6.87. The molecule has 3 heteroatoms. The molecular weight excluding hydrogens is 203 g/mol. The Morgan fingerprint density at radius 2 is 2.00 bits per heavy atom. The van der Waals surface area contributed by atoms with Crippen LogP contribution in [0, 0.1) is 24.1 Å². The van der Waals surface area contributed by atoms with E-state index in [-0.39, 0.29) is 11.9 Å². The molecule has 0 bridgehead atoms. The first-order chi connectivity index (χ1) is 7.63. The van der Waals surface area contributed by atoms with E-state index in [1.807, 2.05) is 24.8 Å². The molecule has 0 radical (unpaired) electrons.